The molecule has 0 bridgehead atoms. The number of hydrogen-bond donors (Lipinski definition) is 1. The van der Waals surface area contributed by atoms with E-state index < -0.39 is 0 Å². The minimum absolute atomic E-state index is 0.119. The average Bonchev–Trinajstić information content (AvgIpc) is 2.50. The van der Waals surface area contributed by atoms with Crippen LogP contribution in [0.25, 0.3) is 0 Å². The molecule has 1 amide bonds. The molecule has 0 aliphatic heterocycles. The van der Waals surface area contributed by atoms with Crippen molar-refractivity contribution in [1.29, 1.82) is 5.26 Å². The Morgan fingerprint density at radius 2 is 1.96 bits per heavy atom. The van der Waals surface area contributed by atoms with Gasteiger partial charge in [-0.1, -0.05) is 23.9 Å². The molecule has 1 aromatic heterocycles. The van der Waals surface area contributed by atoms with Crippen molar-refractivity contribution in [2.45, 2.75) is 44.9 Å². The highest BCUT2D eigenvalue weighted by Crippen LogP contribution is 2.27. The molecule has 0 aliphatic carbocycles. The lowest BCUT2D eigenvalue weighted by atomic mass is 10.1. The molecular weight excluding hydrogens is 320 g/mol. The van der Waals surface area contributed by atoms with Gasteiger partial charge >= 0.3 is 0 Å². The predicted molar refractivity (Wildman–Crippen MR) is 96.1 cm³/mol. The molecule has 2 aromatic rings. The van der Waals surface area contributed by atoms with Crippen molar-refractivity contribution < 1.29 is 4.79 Å². The summed E-state index contributed by atoms with van der Waals surface area (Å²) >= 11 is 1.27. The molecule has 0 aliphatic rings. The van der Waals surface area contributed by atoms with E-state index in [4.69, 9.17) is 0 Å². The zero-order valence-corrected chi connectivity index (χ0v) is 15.3. The summed E-state index contributed by atoms with van der Waals surface area (Å²) in [5.74, 6) is 0.475. The molecule has 2 rings (SSSR count). The van der Waals surface area contributed by atoms with Gasteiger partial charge in [0.1, 0.15) is 22.5 Å². The fourth-order valence-corrected chi connectivity index (χ4v) is 3.22. The quantitative estimate of drug-likeness (QED) is 0.678. The fraction of sp³-hybridized carbons (Fsp3) is 0.333. The number of rotatable bonds is 4. The Labute approximate surface area is 146 Å². The molecule has 1 atom stereocenters. The molecule has 0 saturated carbocycles. The van der Waals surface area contributed by atoms with Crippen LogP contribution < -0.4 is 5.32 Å². The normalized spacial score (nSPS) is 11.7. The summed E-state index contributed by atoms with van der Waals surface area (Å²) in [6, 6.07) is 8.06. The summed E-state index contributed by atoms with van der Waals surface area (Å²) in [6.07, 6.45) is 0. The average molecular weight is 340 g/mol. The minimum Gasteiger partial charge on any atom is -0.325 e. The lowest BCUT2D eigenvalue weighted by Crippen LogP contribution is -2.23. The maximum atomic E-state index is 12.5. The summed E-state index contributed by atoms with van der Waals surface area (Å²) in [7, 11) is 0. The summed E-state index contributed by atoms with van der Waals surface area (Å²) in [6.45, 7) is 9.30. The number of carbonyl (C=O) groups is 1. The number of nitriles is 1. The van der Waals surface area contributed by atoms with Crippen LogP contribution in [0.4, 0.5) is 5.69 Å². The van der Waals surface area contributed by atoms with Crippen LogP contribution in [0.1, 0.15) is 35.1 Å². The molecular formula is C18H20N4OS. The van der Waals surface area contributed by atoms with Crippen molar-refractivity contribution in [3.8, 4) is 6.07 Å². The van der Waals surface area contributed by atoms with Crippen molar-refractivity contribution >= 4 is 23.4 Å². The zero-order chi connectivity index (χ0) is 17.9. The van der Waals surface area contributed by atoms with Gasteiger partial charge in [0.2, 0.25) is 5.91 Å². The molecule has 0 spiro atoms. The molecule has 1 unspecified atom stereocenters. The van der Waals surface area contributed by atoms with Gasteiger partial charge in [-0.15, -0.1) is 0 Å². The number of nitrogens with one attached hydrogen (secondary N) is 1. The second kappa shape index (κ2) is 7.45. The summed E-state index contributed by atoms with van der Waals surface area (Å²) < 4.78 is 0. The van der Waals surface area contributed by atoms with Gasteiger partial charge < -0.3 is 5.32 Å². The van der Waals surface area contributed by atoms with E-state index in [9.17, 15) is 10.1 Å². The first-order chi connectivity index (χ1) is 11.3. The number of nitrogens with zero attached hydrogens (tertiary/aromatic N) is 3. The van der Waals surface area contributed by atoms with Crippen molar-refractivity contribution in [3.05, 3.63) is 46.4 Å². The smallest absolute Gasteiger partial charge is 0.237 e. The molecule has 0 fully saturated rings. The molecule has 0 radical (unpaired) electrons. The van der Waals surface area contributed by atoms with E-state index in [0.717, 1.165) is 16.8 Å². The molecule has 124 valence electrons. The molecule has 24 heavy (non-hydrogen) atoms. The van der Waals surface area contributed by atoms with E-state index in [0.29, 0.717) is 22.1 Å². The maximum Gasteiger partial charge on any atom is 0.237 e. The summed E-state index contributed by atoms with van der Waals surface area (Å²) in [5.41, 5.74) is 3.97. The topological polar surface area (TPSA) is 78.7 Å². The van der Waals surface area contributed by atoms with Crippen LogP contribution in [0.15, 0.2) is 23.2 Å². The van der Waals surface area contributed by atoms with Gasteiger partial charge in [0, 0.05) is 5.69 Å². The van der Waals surface area contributed by atoms with E-state index in [1.807, 2.05) is 32.0 Å². The lowest BCUT2D eigenvalue weighted by molar-refractivity contribution is -0.115. The summed E-state index contributed by atoms with van der Waals surface area (Å²) in [4.78, 5) is 21.0. The van der Waals surface area contributed by atoms with Crippen LogP contribution in [0, 0.1) is 39.0 Å². The van der Waals surface area contributed by atoms with E-state index in [2.05, 4.69) is 21.4 Å². The van der Waals surface area contributed by atoms with Crippen LogP contribution in [-0.4, -0.2) is 21.1 Å². The van der Waals surface area contributed by atoms with Crippen LogP contribution >= 0.6 is 11.8 Å². The number of carbonyl (C=O) groups excluding carboxylic acids is 1. The van der Waals surface area contributed by atoms with Crippen molar-refractivity contribution in [1.82, 2.24) is 9.97 Å². The maximum absolute atomic E-state index is 12.5. The first-order valence-corrected chi connectivity index (χ1v) is 8.50. The molecule has 1 aromatic carbocycles. The second-order valence-electron chi connectivity index (χ2n) is 5.72. The predicted octanol–water partition coefficient (Wildman–Crippen LogP) is 3.70. The van der Waals surface area contributed by atoms with E-state index >= 15 is 0 Å². The lowest BCUT2D eigenvalue weighted by Gasteiger charge is -2.15. The SMILES string of the molecule is Cc1ccc(C)c(NC(=O)C(C)Sc2nc(C)nc(C)c2C#N)c1. The van der Waals surface area contributed by atoms with E-state index in [-0.39, 0.29) is 11.2 Å². The molecule has 5 nitrogen and oxygen atoms in total. The number of benzene rings is 1. The monoisotopic (exact) mass is 340 g/mol. The number of anilines is 1. The number of hydrogen-bond acceptors (Lipinski definition) is 5. The molecule has 1 heterocycles. The van der Waals surface area contributed by atoms with Crippen LogP contribution in [-0.2, 0) is 4.79 Å². The Bertz CT molecular complexity index is 826. The van der Waals surface area contributed by atoms with E-state index in [1.54, 1.807) is 20.8 Å². The highest BCUT2D eigenvalue weighted by Gasteiger charge is 2.20. The van der Waals surface area contributed by atoms with Gasteiger partial charge in [-0.3, -0.25) is 4.79 Å². The van der Waals surface area contributed by atoms with Crippen LogP contribution in [0.2, 0.25) is 0 Å². The minimum atomic E-state index is -0.384. The Balaban J connectivity index is 2.18. The molecule has 1 N–H and O–H groups in total. The largest absolute Gasteiger partial charge is 0.325 e. The van der Waals surface area contributed by atoms with Gasteiger partial charge in [0.05, 0.1) is 10.9 Å². The van der Waals surface area contributed by atoms with Crippen molar-refractivity contribution in [2.75, 3.05) is 5.32 Å². The number of thioether (sulfide) groups is 1. The zero-order valence-electron chi connectivity index (χ0n) is 14.5. The van der Waals surface area contributed by atoms with E-state index in [1.165, 1.54) is 11.8 Å². The number of aryl methyl sites for hydroxylation is 4. The van der Waals surface area contributed by atoms with Gasteiger partial charge in [-0.2, -0.15) is 5.26 Å². The number of amides is 1. The Kier molecular flexibility index (Phi) is 5.58. The highest BCUT2D eigenvalue weighted by atomic mass is 32.2. The molecule has 0 saturated heterocycles. The summed E-state index contributed by atoms with van der Waals surface area (Å²) in [5, 5.41) is 12.4. The van der Waals surface area contributed by atoms with Gasteiger partial charge in [0.25, 0.3) is 0 Å². The van der Waals surface area contributed by atoms with Gasteiger partial charge in [-0.25, -0.2) is 9.97 Å². The third-order valence-corrected chi connectivity index (χ3v) is 4.68. The first-order valence-electron chi connectivity index (χ1n) is 7.62. The Hall–Kier alpha value is -2.39. The van der Waals surface area contributed by atoms with Crippen molar-refractivity contribution in [2.24, 2.45) is 0 Å². The second-order valence-corrected chi connectivity index (χ2v) is 7.05. The Morgan fingerprint density at radius 3 is 2.62 bits per heavy atom. The highest BCUT2D eigenvalue weighted by molar-refractivity contribution is 8.00. The first kappa shape index (κ1) is 18.0. The number of aromatic nitrogens is 2. The third-order valence-electron chi connectivity index (χ3n) is 3.59. The standard InChI is InChI=1S/C18H20N4OS/c1-10-6-7-11(2)16(8-10)22-17(23)13(4)24-18-15(9-19)12(3)20-14(5)21-18/h6-8,13H,1-5H3,(H,22,23). The van der Waals surface area contributed by atoms with Gasteiger partial charge in [-0.05, 0) is 51.8 Å². The third kappa shape index (κ3) is 4.12. The Morgan fingerprint density at radius 1 is 1.25 bits per heavy atom. The molecule has 6 heteroatoms. The fourth-order valence-electron chi connectivity index (χ4n) is 2.22. The van der Waals surface area contributed by atoms with Crippen molar-refractivity contribution in [3.63, 3.8) is 0 Å². The van der Waals surface area contributed by atoms with Crippen LogP contribution in [0.3, 0.4) is 0 Å². The van der Waals surface area contributed by atoms with Crippen LogP contribution in [0.5, 0.6) is 0 Å². The van der Waals surface area contributed by atoms with Gasteiger partial charge in [0.15, 0.2) is 0 Å².